The second kappa shape index (κ2) is 33.4. The van der Waals surface area contributed by atoms with E-state index in [1.807, 2.05) is 6.08 Å². The second-order valence-corrected chi connectivity index (χ2v) is 15.5. The summed E-state index contributed by atoms with van der Waals surface area (Å²) in [6.07, 6.45) is 26.9. The van der Waals surface area contributed by atoms with Crippen LogP contribution >= 0.6 is 0 Å². The van der Waals surface area contributed by atoms with E-state index in [1.165, 1.54) is 128 Å². The summed E-state index contributed by atoms with van der Waals surface area (Å²) >= 11 is 0. The first-order chi connectivity index (χ1) is 25.3. The van der Waals surface area contributed by atoms with E-state index in [1.54, 1.807) is 6.08 Å². The molecule has 1 heterocycles. The van der Waals surface area contributed by atoms with Crippen molar-refractivity contribution in [2.24, 2.45) is 5.92 Å². The highest BCUT2D eigenvalue weighted by Gasteiger charge is 2.44. The molecular weight excluding hydrogens is 660 g/mol. The van der Waals surface area contributed by atoms with Gasteiger partial charge in [-0.3, -0.25) is 4.79 Å². The van der Waals surface area contributed by atoms with Crippen molar-refractivity contribution in [3.63, 3.8) is 0 Å². The number of ketones is 1. The summed E-state index contributed by atoms with van der Waals surface area (Å²) in [7, 11) is 0. The minimum atomic E-state index is -1.62. The molecule has 0 saturated carbocycles. The lowest BCUT2D eigenvalue weighted by Gasteiger charge is -2.40. The standard InChI is InChI=1S/C43H82O9/c1-3-5-7-9-11-13-15-17-18-19-20-22-24-26-28-30-32-37(46)39(47)35(34-51-43-42(50)41(49)40(48)38(33-44)52-43)36(45)31-29-27-25-23-21-16-14-12-10-8-6-4-2/h29,31,35-38,40-46,48-50H,3-28,30,32-34H2,1-2H3/b31-29+/t35-,36+,37+,38+,40-,41-,42+,43+/m0/s1. The van der Waals surface area contributed by atoms with E-state index in [0.29, 0.717) is 12.8 Å². The van der Waals surface area contributed by atoms with E-state index in [9.17, 15) is 35.4 Å². The summed E-state index contributed by atoms with van der Waals surface area (Å²) in [6, 6.07) is 0. The van der Waals surface area contributed by atoms with E-state index >= 15 is 0 Å². The molecule has 0 aromatic heterocycles. The monoisotopic (exact) mass is 743 g/mol. The number of unbranched alkanes of at least 4 members (excludes halogenated alkanes) is 25. The van der Waals surface area contributed by atoms with Gasteiger partial charge in [0.2, 0.25) is 0 Å². The molecule has 9 nitrogen and oxygen atoms in total. The van der Waals surface area contributed by atoms with Crippen molar-refractivity contribution in [2.45, 2.75) is 237 Å². The van der Waals surface area contributed by atoms with Crippen LogP contribution in [0.1, 0.15) is 194 Å². The average Bonchev–Trinajstić information content (AvgIpc) is 3.14. The molecule has 0 amide bonds. The van der Waals surface area contributed by atoms with Crippen LogP contribution in [0.15, 0.2) is 12.2 Å². The fraction of sp³-hybridized carbons (Fsp3) is 0.930. The highest BCUT2D eigenvalue weighted by molar-refractivity contribution is 5.86. The Morgan fingerprint density at radius 3 is 1.48 bits per heavy atom. The van der Waals surface area contributed by atoms with Crippen molar-refractivity contribution in [3.8, 4) is 0 Å². The lowest BCUT2D eigenvalue weighted by atomic mass is 9.91. The third kappa shape index (κ3) is 23.1. The molecule has 0 aliphatic carbocycles. The lowest BCUT2D eigenvalue weighted by Crippen LogP contribution is -2.59. The van der Waals surface area contributed by atoms with Crippen molar-refractivity contribution in [1.29, 1.82) is 0 Å². The number of hydrogen-bond donors (Lipinski definition) is 6. The zero-order valence-electron chi connectivity index (χ0n) is 33.4. The Bertz CT molecular complexity index is 837. The largest absolute Gasteiger partial charge is 0.394 e. The minimum Gasteiger partial charge on any atom is -0.394 e. The summed E-state index contributed by atoms with van der Waals surface area (Å²) in [4.78, 5) is 13.4. The zero-order chi connectivity index (χ0) is 38.2. The van der Waals surface area contributed by atoms with Gasteiger partial charge < -0.3 is 40.1 Å². The number of Topliss-reactive ketones (excluding diaryl/α,β-unsaturated/α-hetero) is 1. The molecule has 1 aliphatic rings. The highest BCUT2D eigenvalue weighted by Crippen LogP contribution is 2.24. The third-order valence-corrected chi connectivity index (χ3v) is 10.8. The Balaban J connectivity index is 2.46. The van der Waals surface area contributed by atoms with Crippen LogP contribution < -0.4 is 0 Å². The molecule has 1 fully saturated rings. The minimum absolute atomic E-state index is 0.295. The molecule has 1 rings (SSSR count). The molecule has 52 heavy (non-hydrogen) atoms. The van der Waals surface area contributed by atoms with Gasteiger partial charge in [-0.15, -0.1) is 0 Å². The van der Waals surface area contributed by atoms with Crippen molar-refractivity contribution in [2.75, 3.05) is 13.2 Å². The van der Waals surface area contributed by atoms with Gasteiger partial charge >= 0.3 is 0 Å². The van der Waals surface area contributed by atoms with Crippen LogP contribution in [0.2, 0.25) is 0 Å². The van der Waals surface area contributed by atoms with Gasteiger partial charge in [0, 0.05) is 0 Å². The molecule has 1 aliphatic heterocycles. The first-order valence-corrected chi connectivity index (χ1v) is 21.8. The number of ether oxygens (including phenoxy) is 2. The topological polar surface area (TPSA) is 157 Å². The van der Waals surface area contributed by atoms with Crippen molar-refractivity contribution >= 4 is 5.78 Å². The number of hydrogen-bond acceptors (Lipinski definition) is 9. The first kappa shape index (κ1) is 49.1. The normalized spacial score (nSPS) is 22.6. The molecule has 1 saturated heterocycles. The van der Waals surface area contributed by atoms with Crippen molar-refractivity contribution in [1.82, 2.24) is 0 Å². The predicted octanol–water partition coefficient (Wildman–Crippen LogP) is 8.23. The highest BCUT2D eigenvalue weighted by atomic mass is 16.7. The number of carbonyl (C=O) groups is 1. The van der Waals surface area contributed by atoms with Crippen LogP contribution in [0.4, 0.5) is 0 Å². The van der Waals surface area contributed by atoms with Gasteiger partial charge in [0.15, 0.2) is 12.1 Å². The van der Waals surface area contributed by atoms with Gasteiger partial charge in [-0.2, -0.15) is 0 Å². The smallest absolute Gasteiger partial charge is 0.186 e. The van der Waals surface area contributed by atoms with Gasteiger partial charge in [-0.05, 0) is 19.3 Å². The third-order valence-electron chi connectivity index (χ3n) is 10.8. The Labute approximate surface area is 318 Å². The van der Waals surface area contributed by atoms with E-state index in [4.69, 9.17) is 9.47 Å². The van der Waals surface area contributed by atoms with E-state index in [2.05, 4.69) is 13.8 Å². The zero-order valence-corrected chi connectivity index (χ0v) is 33.4. The molecule has 0 aromatic carbocycles. The molecule has 8 atom stereocenters. The van der Waals surface area contributed by atoms with Gasteiger partial charge in [0.25, 0.3) is 0 Å². The Morgan fingerprint density at radius 2 is 1.04 bits per heavy atom. The van der Waals surface area contributed by atoms with Crippen LogP contribution in [0.5, 0.6) is 0 Å². The Hall–Kier alpha value is -0.910. The first-order valence-electron chi connectivity index (χ1n) is 21.8. The SMILES string of the molecule is CCCCCCCCCCCC/C=C/[C@@H](O)[C@H](CO[C@@H]1O[C@H](CO)[C@H](O)[C@H](O)[C@H]1O)C(=O)[C@H](O)CCCCCCCCCCCCCCCCCC. The summed E-state index contributed by atoms with van der Waals surface area (Å²) in [5.74, 6) is -1.66. The quantitative estimate of drug-likeness (QED) is 0.0275. The number of aliphatic hydroxyl groups excluding tert-OH is 6. The average molecular weight is 743 g/mol. The Morgan fingerprint density at radius 1 is 0.615 bits per heavy atom. The number of rotatable bonds is 36. The molecular formula is C43H82O9. The van der Waals surface area contributed by atoms with Gasteiger partial charge in [0.05, 0.1) is 25.2 Å². The van der Waals surface area contributed by atoms with Crippen LogP contribution in [0.3, 0.4) is 0 Å². The van der Waals surface area contributed by atoms with Crippen LogP contribution in [0.25, 0.3) is 0 Å². The van der Waals surface area contributed by atoms with Crippen LogP contribution in [-0.4, -0.2) is 92.5 Å². The van der Waals surface area contributed by atoms with E-state index in [0.717, 1.165) is 38.5 Å². The molecule has 308 valence electrons. The van der Waals surface area contributed by atoms with Crippen LogP contribution in [-0.2, 0) is 14.3 Å². The molecule has 6 N–H and O–H groups in total. The Kier molecular flexibility index (Phi) is 31.6. The maximum Gasteiger partial charge on any atom is 0.186 e. The fourth-order valence-electron chi connectivity index (χ4n) is 7.15. The fourth-order valence-corrected chi connectivity index (χ4v) is 7.15. The summed E-state index contributed by atoms with van der Waals surface area (Å²) < 4.78 is 11.1. The molecule has 0 spiro atoms. The second-order valence-electron chi connectivity index (χ2n) is 15.5. The predicted molar refractivity (Wildman–Crippen MR) is 210 cm³/mol. The van der Waals surface area contributed by atoms with Gasteiger partial charge in [-0.25, -0.2) is 0 Å². The maximum absolute atomic E-state index is 13.4. The molecule has 0 unspecified atom stereocenters. The molecule has 0 bridgehead atoms. The van der Waals surface area contributed by atoms with E-state index < -0.39 is 61.2 Å². The van der Waals surface area contributed by atoms with Gasteiger partial charge in [-0.1, -0.05) is 187 Å². The number of carbonyl (C=O) groups excluding carboxylic acids is 1. The van der Waals surface area contributed by atoms with Crippen LogP contribution in [0, 0.1) is 5.92 Å². The van der Waals surface area contributed by atoms with Crippen molar-refractivity contribution in [3.05, 3.63) is 12.2 Å². The molecule has 0 aromatic rings. The lowest BCUT2D eigenvalue weighted by molar-refractivity contribution is -0.303. The molecule has 9 heteroatoms. The number of allylic oxidation sites excluding steroid dienone is 1. The van der Waals surface area contributed by atoms with Crippen molar-refractivity contribution < 1.29 is 44.9 Å². The summed E-state index contributed by atoms with van der Waals surface area (Å²) in [5.41, 5.74) is 0. The number of aliphatic hydroxyl groups is 6. The molecule has 0 radical (unpaired) electrons. The maximum atomic E-state index is 13.4. The summed E-state index contributed by atoms with van der Waals surface area (Å²) in [6.45, 7) is 3.51. The summed E-state index contributed by atoms with van der Waals surface area (Å²) in [5, 5.41) is 62.1. The van der Waals surface area contributed by atoms with E-state index in [-0.39, 0.29) is 6.61 Å². The van der Waals surface area contributed by atoms with Gasteiger partial charge in [0.1, 0.15) is 30.5 Å².